The Hall–Kier alpha value is -3.02. The van der Waals surface area contributed by atoms with Gasteiger partial charge in [0.25, 0.3) is 5.91 Å². The lowest BCUT2D eigenvalue weighted by Gasteiger charge is -2.23. The minimum atomic E-state index is -0.854. The molecule has 1 aromatic carbocycles. The van der Waals surface area contributed by atoms with Gasteiger partial charge in [-0.05, 0) is 75.6 Å². The van der Waals surface area contributed by atoms with Crippen molar-refractivity contribution in [1.29, 1.82) is 0 Å². The summed E-state index contributed by atoms with van der Waals surface area (Å²) in [4.78, 5) is 26.1. The number of hydrogen-bond donors (Lipinski definition) is 1. The van der Waals surface area contributed by atoms with Crippen molar-refractivity contribution in [2.45, 2.75) is 51.7 Å². The highest BCUT2D eigenvalue weighted by Crippen LogP contribution is 2.39. The summed E-state index contributed by atoms with van der Waals surface area (Å²) in [5.41, 5.74) is 1.62. The van der Waals surface area contributed by atoms with Crippen LogP contribution in [0.1, 0.15) is 40.5 Å². The minimum Gasteiger partial charge on any atom is -0.490 e. The number of urea groups is 1. The fraction of sp³-hybridized carbons (Fsp3) is 0.364. The van der Waals surface area contributed by atoms with Crippen LogP contribution in [0.3, 0.4) is 0 Å². The second-order valence-corrected chi connectivity index (χ2v) is 7.99. The van der Waals surface area contributed by atoms with E-state index >= 15 is 0 Å². The maximum Gasteiger partial charge on any atom is 0.329 e. The van der Waals surface area contributed by atoms with Gasteiger partial charge in [-0.25, -0.2) is 9.69 Å². The molecule has 1 aliphatic carbocycles. The SMILES string of the molecule is CC[C@@]1(C)NC(=O)N(c2ccc(OC3=CCC4=COC(C)(C)C4=C3)cc2)C1=O. The van der Waals surface area contributed by atoms with Gasteiger partial charge in [0.05, 0.1) is 11.9 Å². The van der Waals surface area contributed by atoms with E-state index in [2.05, 4.69) is 5.32 Å². The minimum absolute atomic E-state index is 0.240. The molecule has 146 valence electrons. The van der Waals surface area contributed by atoms with E-state index < -0.39 is 11.6 Å². The van der Waals surface area contributed by atoms with Crippen molar-refractivity contribution in [2.24, 2.45) is 0 Å². The molecule has 1 fully saturated rings. The summed E-state index contributed by atoms with van der Waals surface area (Å²) in [5.74, 6) is 1.16. The molecule has 0 aromatic heterocycles. The molecule has 4 rings (SSSR count). The number of fused-ring (bicyclic) bond motifs is 1. The number of hydrogen-bond acceptors (Lipinski definition) is 4. The summed E-state index contributed by atoms with van der Waals surface area (Å²) in [6, 6.07) is 6.57. The topological polar surface area (TPSA) is 67.9 Å². The van der Waals surface area contributed by atoms with Crippen molar-refractivity contribution >= 4 is 17.6 Å². The monoisotopic (exact) mass is 380 g/mol. The van der Waals surface area contributed by atoms with Gasteiger partial charge in [0.2, 0.25) is 0 Å². The van der Waals surface area contributed by atoms with E-state index in [0.717, 1.165) is 17.8 Å². The quantitative estimate of drug-likeness (QED) is 0.795. The lowest BCUT2D eigenvalue weighted by Crippen LogP contribution is -2.43. The van der Waals surface area contributed by atoms with Crippen molar-refractivity contribution < 1.29 is 19.1 Å². The third-order valence-corrected chi connectivity index (χ3v) is 5.60. The third kappa shape index (κ3) is 2.89. The van der Waals surface area contributed by atoms with Crippen LogP contribution in [0, 0.1) is 0 Å². The highest BCUT2D eigenvalue weighted by molar-refractivity contribution is 6.23. The second kappa shape index (κ2) is 6.26. The van der Waals surface area contributed by atoms with E-state index in [1.165, 1.54) is 10.5 Å². The van der Waals surface area contributed by atoms with Crippen LogP contribution in [0.15, 0.2) is 59.6 Å². The molecule has 3 amide bonds. The molecule has 0 spiro atoms. The normalized spacial score (nSPS) is 25.4. The van der Waals surface area contributed by atoms with Crippen molar-refractivity contribution in [3.05, 3.63) is 59.6 Å². The maximum absolute atomic E-state index is 12.6. The molecule has 3 aliphatic rings. The molecule has 0 unspecified atom stereocenters. The van der Waals surface area contributed by atoms with E-state index in [9.17, 15) is 9.59 Å². The highest BCUT2D eigenvalue weighted by Gasteiger charge is 2.47. The Kier molecular flexibility index (Phi) is 4.10. The molecular formula is C22H24N2O4. The van der Waals surface area contributed by atoms with Crippen LogP contribution in [0.2, 0.25) is 0 Å². The first-order valence-corrected chi connectivity index (χ1v) is 9.48. The highest BCUT2D eigenvalue weighted by atomic mass is 16.5. The number of benzene rings is 1. The molecule has 6 heteroatoms. The van der Waals surface area contributed by atoms with Gasteiger partial charge in [-0.3, -0.25) is 4.79 Å². The zero-order valence-electron chi connectivity index (χ0n) is 16.5. The summed E-state index contributed by atoms with van der Waals surface area (Å²) >= 11 is 0. The predicted molar refractivity (Wildman–Crippen MR) is 106 cm³/mol. The zero-order valence-corrected chi connectivity index (χ0v) is 16.5. The van der Waals surface area contributed by atoms with Gasteiger partial charge in [-0.2, -0.15) is 0 Å². The van der Waals surface area contributed by atoms with Gasteiger partial charge < -0.3 is 14.8 Å². The smallest absolute Gasteiger partial charge is 0.329 e. The fourth-order valence-corrected chi connectivity index (χ4v) is 3.60. The number of nitrogens with zero attached hydrogens (tertiary/aromatic N) is 1. The van der Waals surface area contributed by atoms with Gasteiger partial charge in [-0.1, -0.05) is 6.92 Å². The van der Waals surface area contributed by atoms with Crippen LogP contribution in [0.5, 0.6) is 5.75 Å². The largest absolute Gasteiger partial charge is 0.490 e. The Morgan fingerprint density at radius 3 is 2.54 bits per heavy atom. The number of anilines is 1. The summed E-state index contributed by atoms with van der Waals surface area (Å²) in [6.45, 7) is 7.68. The molecule has 1 atom stereocenters. The fourth-order valence-electron chi connectivity index (χ4n) is 3.60. The zero-order chi connectivity index (χ0) is 20.1. The van der Waals surface area contributed by atoms with Gasteiger partial charge in [0, 0.05) is 5.57 Å². The van der Waals surface area contributed by atoms with Gasteiger partial charge in [-0.15, -0.1) is 0 Å². The van der Waals surface area contributed by atoms with Crippen molar-refractivity contribution in [3.8, 4) is 5.75 Å². The Morgan fingerprint density at radius 1 is 1.18 bits per heavy atom. The molecule has 1 aromatic rings. The van der Waals surface area contributed by atoms with E-state index in [-0.39, 0.29) is 11.5 Å². The lowest BCUT2D eigenvalue weighted by atomic mass is 9.88. The Morgan fingerprint density at radius 2 is 1.89 bits per heavy atom. The third-order valence-electron chi connectivity index (χ3n) is 5.60. The van der Waals surface area contributed by atoms with Crippen LogP contribution in [0.4, 0.5) is 10.5 Å². The van der Waals surface area contributed by atoms with Gasteiger partial charge >= 0.3 is 6.03 Å². The first kappa shape index (κ1) is 18.3. The molecule has 1 saturated heterocycles. The van der Waals surface area contributed by atoms with Crippen LogP contribution >= 0.6 is 0 Å². The maximum atomic E-state index is 12.6. The molecular weight excluding hydrogens is 356 g/mol. The lowest BCUT2D eigenvalue weighted by molar-refractivity contribution is -0.121. The van der Waals surface area contributed by atoms with Crippen LogP contribution in [0.25, 0.3) is 0 Å². The number of nitrogens with one attached hydrogen (secondary N) is 1. The van der Waals surface area contributed by atoms with Gasteiger partial charge in [0.1, 0.15) is 22.6 Å². The molecule has 28 heavy (non-hydrogen) atoms. The number of carbonyl (C=O) groups excluding carboxylic acids is 2. The van der Waals surface area contributed by atoms with E-state index in [1.807, 2.05) is 39.2 Å². The number of carbonyl (C=O) groups is 2. The Balaban J connectivity index is 1.51. The molecule has 1 N–H and O–H groups in total. The molecule has 2 heterocycles. The van der Waals surface area contributed by atoms with Crippen LogP contribution in [-0.4, -0.2) is 23.1 Å². The molecule has 2 aliphatic heterocycles. The number of allylic oxidation sites excluding steroid dienone is 2. The molecule has 0 bridgehead atoms. The number of rotatable bonds is 4. The summed E-state index contributed by atoms with van der Waals surface area (Å²) in [5, 5.41) is 2.76. The van der Waals surface area contributed by atoms with Gasteiger partial charge in [0.15, 0.2) is 0 Å². The molecule has 6 nitrogen and oxygen atoms in total. The van der Waals surface area contributed by atoms with Crippen molar-refractivity contribution in [1.82, 2.24) is 5.32 Å². The summed E-state index contributed by atoms with van der Waals surface area (Å²) in [6.07, 6.45) is 7.13. The molecule has 0 radical (unpaired) electrons. The number of ether oxygens (including phenoxy) is 2. The van der Waals surface area contributed by atoms with Crippen molar-refractivity contribution in [2.75, 3.05) is 4.90 Å². The summed E-state index contributed by atoms with van der Waals surface area (Å²) in [7, 11) is 0. The van der Waals surface area contributed by atoms with Crippen LogP contribution in [-0.2, 0) is 9.53 Å². The predicted octanol–water partition coefficient (Wildman–Crippen LogP) is 4.20. The standard InChI is InChI=1S/C22H24N2O4/c1-5-22(4)19(25)24(20(26)23-22)15-7-10-16(11-8-15)28-17-9-6-14-13-27-21(2,3)18(14)12-17/h7-13H,5-6H2,1-4H3,(H,23,26)/t22-/m1/s1. The average Bonchev–Trinajstić information content (AvgIpc) is 3.09. The summed E-state index contributed by atoms with van der Waals surface area (Å²) < 4.78 is 11.7. The average molecular weight is 380 g/mol. The number of imide groups is 1. The Bertz CT molecular complexity index is 940. The second-order valence-electron chi connectivity index (χ2n) is 7.99. The van der Waals surface area contributed by atoms with E-state index in [0.29, 0.717) is 17.9 Å². The first-order valence-electron chi connectivity index (χ1n) is 9.48. The first-order chi connectivity index (χ1) is 13.2. The van der Waals surface area contributed by atoms with E-state index in [1.54, 1.807) is 31.2 Å². The van der Waals surface area contributed by atoms with Crippen LogP contribution < -0.4 is 15.0 Å². The van der Waals surface area contributed by atoms with Crippen molar-refractivity contribution in [3.63, 3.8) is 0 Å². The Labute approximate surface area is 164 Å². The van der Waals surface area contributed by atoms with E-state index in [4.69, 9.17) is 9.47 Å². The molecule has 0 saturated carbocycles. The number of amides is 3.